The normalized spacial score (nSPS) is 15.2. The fourth-order valence-corrected chi connectivity index (χ4v) is 4.03. The molecule has 0 aliphatic heterocycles. The second kappa shape index (κ2) is 10.5. The summed E-state index contributed by atoms with van der Waals surface area (Å²) in [5, 5.41) is -2.54. The number of anilines is 1. The Balaban J connectivity index is 1.88. The van der Waals surface area contributed by atoms with E-state index >= 15 is 0 Å². The molecule has 200 valence electrons. The molecule has 0 spiro atoms. The highest BCUT2D eigenvalue weighted by Gasteiger charge is 2.60. The third-order valence-electron chi connectivity index (χ3n) is 5.08. The van der Waals surface area contributed by atoms with E-state index in [-0.39, 0.29) is 12.5 Å². The van der Waals surface area contributed by atoms with Crippen molar-refractivity contribution in [2.24, 2.45) is 0 Å². The molecule has 1 aliphatic rings. The largest absolute Gasteiger partial charge is 0.508 e. The second-order valence-electron chi connectivity index (χ2n) is 9.00. The first kappa shape index (κ1) is 27.6. The molecule has 2 aromatic heterocycles. The van der Waals surface area contributed by atoms with E-state index in [0.717, 1.165) is 0 Å². The molecule has 36 heavy (non-hydrogen) atoms. The standard InChI is InChI=1S/C20H30N5O10P/c1-12(2)33-17(26)31-9-20(36(28,29)30,10-32-18(27)34-13(3)4)35-19(5-6-19)8-25-11-23-14-7-22-16(21)24-15(14)25/h7,11-13H,5-6,8-10H2,1-4H3,(H2,21,22,24)(H2,28,29,30). The summed E-state index contributed by atoms with van der Waals surface area (Å²) < 4.78 is 40.1. The molecule has 15 nitrogen and oxygen atoms in total. The number of aromatic nitrogens is 4. The molecule has 0 atom stereocenters. The molecule has 0 unspecified atom stereocenters. The molecule has 1 aliphatic carbocycles. The molecule has 0 amide bonds. The molecule has 2 aromatic rings. The molecule has 0 saturated heterocycles. The third-order valence-corrected chi connectivity index (χ3v) is 6.49. The van der Waals surface area contributed by atoms with Crippen molar-refractivity contribution < 1.29 is 47.6 Å². The van der Waals surface area contributed by atoms with Gasteiger partial charge in [0.25, 0.3) is 0 Å². The van der Waals surface area contributed by atoms with Gasteiger partial charge in [0.1, 0.15) is 18.7 Å². The zero-order valence-corrected chi connectivity index (χ0v) is 21.2. The van der Waals surface area contributed by atoms with Gasteiger partial charge in [-0.25, -0.2) is 19.6 Å². The summed E-state index contributed by atoms with van der Waals surface area (Å²) >= 11 is 0. The Labute approximate surface area is 206 Å². The monoisotopic (exact) mass is 531 g/mol. The lowest BCUT2D eigenvalue weighted by atomic mass is 10.3. The van der Waals surface area contributed by atoms with Crippen LogP contribution < -0.4 is 5.73 Å². The molecule has 2 heterocycles. The van der Waals surface area contributed by atoms with Crippen LogP contribution in [0, 0.1) is 0 Å². The molecule has 0 radical (unpaired) electrons. The van der Waals surface area contributed by atoms with E-state index in [1.165, 1.54) is 12.5 Å². The van der Waals surface area contributed by atoms with Gasteiger partial charge in [-0.1, -0.05) is 0 Å². The lowest BCUT2D eigenvalue weighted by Gasteiger charge is -2.36. The van der Waals surface area contributed by atoms with Crippen LogP contribution in [0.2, 0.25) is 0 Å². The Bertz CT molecular complexity index is 1120. The number of imidazole rings is 1. The molecular formula is C20H30N5O10P. The summed E-state index contributed by atoms with van der Waals surface area (Å²) in [5.41, 5.74) is 5.41. The first-order chi connectivity index (χ1) is 16.7. The predicted molar refractivity (Wildman–Crippen MR) is 123 cm³/mol. The number of rotatable bonds is 11. The summed E-state index contributed by atoms with van der Waals surface area (Å²) in [6, 6.07) is 0. The van der Waals surface area contributed by atoms with Gasteiger partial charge in [0.15, 0.2) is 5.65 Å². The van der Waals surface area contributed by atoms with E-state index in [1.54, 1.807) is 32.3 Å². The fourth-order valence-electron chi connectivity index (χ4n) is 3.25. The Morgan fingerprint density at radius 3 is 2.14 bits per heavy atom. The summed E-state index contributed by atoms with van der Waals surface area (Å²) in [4.78, 5) is 56.9. The minimum atomic E-state index is -5.25. The van der Waals surface area contributed by atoms with Crippen molar-refractivity contribution in [3.05, 3.63) is 12.5 Å². The molecule has 16 heteroatoms. The van der Waals surface area contributed by atoms with E-state index in [4.69, 9.17) is 29.4 Å². The number of nitrogens with zero attached hydrogens (tertiary/aromatic N) is 4. The Morgan fingerprint density at radius 2 is 1.67 bits per heavy atom. The number of hydrogen-bond donors (Lipinski definition) is 3. The molecule has 4 N–H and O–H groups in total. The lowest BCUT2D eigenvalue weighted by molar-refractivity contribution is -0.132. The minimum Gasteiger partial charge on any atom is -0.432 e. The maximum atomic E-state index is 12.7. The molecule has 1 fully saturated rings. The maximum Gasteiger partial charge on any atom is 0.508 e. The maximum absolute atomic E-state index is 12.7. The van der Waals surface area contributed by atoms with Crippen molar-refractivity contribution in [3.8, 4) is 0 Å². The third kappa shape index (κ3) is 6.81. The number of hydrogen-bond acceptors (Lipinski definition) is 12. The van der Waals surface area contributed by atoms with E-state index in [1.807, 2.05) is 0 Å². The smallest absolute Gasteiger partial charge is 0.432 e. The van der Waals surface area contributed by atoms with E-state index < -0.39 is 56.3 Å². The van der Waals surface area contributed by atoms with Crippen LogP contribution in [-0.4, -0.2) is 78.0 Å². The van der Waals surface area contributed by atoms with Crippen molar-refractivity contribution in [1.29, 1.82) is 0 Å². The van der Waals surface area contributed by atoms with E-state index in [9.17, 15) is 23.9 Å². The molecule has 0 bridgehead atoms. The topological polar surface area (TPSA) is 207 Å². The summed E-state index contributed by atoms with van der Waals surface area (Å²) in [7, 11) is -5.25. The van der Waals surface area contributed by atoms with Gasteiger partial charge in [-0.3, -0.25) is 4.57 Å². The quantitative estimate of drug-likeness (QED) is 0.280. The van der Waals surface area contributed by atoms with Gasteiger partial charge in [-0.15, -0.1) is 0 Å². The molecule has 0 aromatic carbocycles. The van der Waals surface area contributed by atoms with Crippen molar-refractivity contribution >= 4 is 37.0 Å². The van der Waals surface area contributed by atoms with Gasteiger partial charge >= 0.3 is 19.9 Å². The van der Waals surface area contributed by atoms with Gasteiger partial charge < -0.3 is 43.8 Å². The van der Waals surface area contributed by atoms with Crippen LogP contribution in [0.25, 0.3) is 11.2 Å². The zero-order valence-electron chi connectivity index (χ0n) is 20.3. The van der Waals surface area contributed by atoms with Crippen LogP contribution in [0.4, 0.5) is 15.5 Å². The first-order valence-electron chi connectivity index (χ1n) is 11.1. The van der Waals surface area contributed by atoms with E-state index in [0.29, 0.717) is 24.0 Å². The number of nitrogen functional groups attached to an aromatic ring is 1. The Kier molecular flexibility index (Phi) is 8.08. The van der Waals surface area contributed by atoms with Gasteiger partial charge in [-0.05, 0) is 40.5 Å². The number of nitrogens with two attached hydrogens (primary N) is 1. The zero-order chi connectivity index (χ0) is 26.7. The van der Waals surface area contributed by atoms with Crippen LogP contribution in [0.3, 0.4) is 0 Å². The van der Waals surface area contributed by atoms with Gasteiger partial charge in [-0.2, -0.15) is 4.98 Å². The fraction of sp³-hybridized carbons (Fsp3) is 0.650. The van der Waals surface area contributed by atoms with Gasteiger partial charge in [0, 0.05) is 0 Å². The lowest BCUT2D eigenvalue weighted by Crippen LogP contribution is -2.48. The van der Waals surface area contributed by atoms with Gasteiger partial charge in [0.05, 0.1) is 36.9 Å². The van der Waals surface area contributed by atoms with Crippen LogP contribution in [0.15, 0.2) is 12.5 Å². The van der Waals surface area contributed by atoms with Crippen LogP contribution >= 0.6 is 7.60 Å². The number of fused-ring (bicyclic) bond motifs is 1. The number of ether oxygens (including phenoxy) is 5. The Morgan fingerprint density at radius 1 is 1.11 bits per heavy atom. The highest BCUT2D eigenvalue weighted by atomic mass is 31.2. The minimum absolute atomic E-state index is 0.0220. The highest BCUT2D eigenvalue weighted by Crippen LogP contribution is 2.57. The molecule has 1 saturated carbocycles. The van der Waals surface area contributed by atoms with Crippen molar-refractivity contribution in [2.45, 2.75) is 70.2 Å². The van der Waals surface area contributed by atoms with Crippen molar-refractivity contribution in [1.82, 2.24) is 19.5 Å². The second-order valence-corrected chi connectivity index (χ2v) is 10.9. The average molecular weight is 531 g/mol. The summed E-state index contributed by atoms with van der Waals surface area (Å²) in [6.07, 6.45) is 0.259. The summed E-state index contributed by atoms with van der Waals surface area (Å²) in [6.45, 7) is 4.45. The van der Waals surface area contributed by atoms with Gasteiger partial charge in [0.2, 0.25) is 11.3 Å². The van der Waals surface area contributed by atoms with Crippen LogP contribution in [0.5, 0.6) is 0 Å². The highest BCUT2D eigenvalue weighted by molar-refractivity contribution is 7.53. The SMILES string of the molecule is CC(C)OC(=O)OCC(COC(=O)OC(C)C)(OC1(Cn2cnc3cnc(N)nc32)CC1)P(=O)(O)O. The summed E-state index contributed by atoms with van der Waals surface area (Å²) in [5.74, 6) is 0.0220. The van der Waals surface area contributed by atoms with Crippen molar-refractivity contribution in [3.63, 3.8) is 0 Å². The number of carbonyl (C=O) groups is 2. The predicted octanol–water partition coefficient (Wildman–Crippen LogP) is 1.95. The van der Waals surface area contributed by atoms with Crippen molar-refractivity contribution in [2.75, 3.05) is 18.9 Å². The average Bonchev–Trinajstić information content (AvgIpc) is 3.39. The number of carbonyl (C=O) groups excluding carboxylic acids is 2. The molecule has 3 rings (SSSR count). The van der Waals surface area contributed by atoms with Crippen LogP contribution in [-0.2, 0) is 34.8 Å². The molecular weight excluding hydrogens is 501 g/mol. The Hall–Kier alpha value is -3.00. The van der Waals surface area contributed by atoms with E-state index in [2.05, 4.69) is 15.0 Å². The van der Waals surface area contributed by atoms with Crippen LogP contribution in [0.1, 0.15) is 40.5 Å². The first-order valence-corrected chi connectivity index (χ1v) is 12.7.